The number of methoxy groups -OCH3 is 1. The Hall–Kier alpha value is -1.07. The van der Waals surface area contributed by atoms with Gasteiger partial charge in [-0.05, 0) is 34.5 Å². The first kappa shape index (κ1) is 12.0. The summed E-state index contributed by atoms with van der Waals surface area (Å²) in [6.07, 6.45) is -0.566. The van der Waals surface area contributed by atoms with Gasteiger partial charge in [0.2, 0.25) is 0 Å². The quantitative estimate of drug-likeness (QED) is 0.778. The molecule has 5 heteroatoms. The van der Waals surface area contributed by atoms with Crippen LogP contribution in [-0.4, -0.2) is 20.3 Å². The highest BCUT2D eigenvalue weighted by molar-refractivity contribution is 9.10. The lowest BCUT2D eigenvalue weighted by molar-refractivity contribution is 0.115. The highest BCUT2D eigenvalue weighted by Gasteiger charge is 2.19. The number of hydrogen-bond acceptors (Lipinski definition) is 3. The smallest absolute Gasteiger partial charge is 0.438 e. The summed E-state index contributed by atoms with van der Waals surface area (Å²) in [5, 5.41) is 1.08. The Morgan fingerprint density at radius 3 is 2.60 bits per heavy atom. The molecule has 4 nitrogen and oxygen atoms in total. The standard InChI is InChI=1S/C10H12BrNO3/c1-7-5-4-6-8(9(7)11)12(15-3)10(13)14-2/h4-6H,1-3H3. The molecule has 1 aromatic rings. The maximum atomic E-state index is 11.4. The van der Waals surface area contributed by atoms with Crippen molar-refractivity contribution in [1.29, 1.82) is 0 Å². The van der Waals surface area contributed by atoms with Gasteiger partial charge in [0.1, 0.15) is 0 Å². The average Bonchev–Trinajstić information content (AvgIpc) is 2.24. The van der Waals surface area contributed by atoms with Gasteiger partial charge < -0.3 is 4.74 Å². The second-order valence-corrected chi connectivity index (χ2v) is 3.65. The van der Waals surface area contributed by atoms with E-state index in [0.717, 1.165) is 15.1 Å². The van der Waals surface area contributed by atoms with Crippen molar-refractivity contribution in [2.75, 3.05) is 19.3 Å². The Morgan fingerprint density at radius 2 is 2.07 bits per heavy atom. The van der Waals surface area contributed by atoms with E-state index in [1.165, 1.54) is 14.2 Å². The van der Waals surface area contributed by atoms with E-state index >= 15 is 0 Å². The molecule has 0 aliphatic rings. The molecule has 0 aliphatic carbocycles. The van der Waals surface area contributed by atoms with Crippen LogP contribution in [0.4, 0.5) is 10.5 Å². The van der Waals surface area contributed by atoms with E-state index in [-0.39, 0.29) is 0 Å². The first-order chi connectivity index (χ1) is 7.11. The number of hydrogen-bond donors (Lipinski definition) is 0. The third-order valence-corrected chi connectivity index (χ3v) is 2.94. The summed E-state index contributed by atoms with van der Waals surface area (Å²) in [5.74, 6) is 0. The molecule has 0 radical (unpaired) electrons. The lowest BCUT2D eigenvalue weighted by Gasteiger charge is -2.19. The SMILES string of the molecule is COC(=O)N(OC)c1cccc(C)c1Br. The van der Waals surface area contributed by atoms with Crippen LogP contribution in [0.5, 0.6) is 0 Å². The molecule has 0 bridgehead atoms. The maximum Gasteiger partial charge on any atom is 0.438 e. The number of anilines is 1. The van der Waals surface area contributed by atoms with Gasteiger partial charge >= 0.3 is 6.09 Å². The number of halogens is 1. The van der Waals surface area contributed by atoms with Gasteiger partial charge in [-0.15, -0.1) is 0 Å². The fourth-order valence-electron chi connectivity index (χ4n) is 1.14. The first-order valence-electron chi connectivity index (χ1n) is 4.29. The molecule has 0 heterocycles. The van der Waals surface area contributed by atoms with E-state index in [1.807, 2.05) is 19.1 Å². The fourth-order valence-corrected chi connectivity index (χ4v) is 1.57. The van der Waals surface area contributed by atoms with Gasteiger partial charge in [0.25, 0.3) is 0 Å². The van der Waals surface area contributed by atoms with Crippen molar-refractivity contribution in [3.63, 3.8) is 0 Å². The van der Waals surface area contributed by atoms with Gasteiger partial charge in [0.15, 0.2) is 0 Å². The topological polar surface area (TPSA) is 38.8 Å². The number of carbonyl (C=O) groups is 1. The molecule has 15 heavy (non-hydrogen) atoms. The molecule has 0 fully saturated rings. The molecule has 0 saturated carbocycles. The second kappa shape index (κ2) is 5.14. The summed E-state index contributed by atoms with van der Waals surface area (Å²) in [5.41, 5.74) is 1.63. The van der Waals surface area contributed by atoms with Crippen LogP contribution in [0.1, 0.15) is 5.56 Å². The van der Waals surface area contributed by atoms with Gasteiger partial charge in [-0.25, -0.2) is 4.79 Å². The van der Waals surface area contributed by atoms with Crippen LogP contribution in [0.15, 0.2) is 22.7 Å². The number of aryl methyl sites for hydroxylation is 1. The van der Waals surface area contributed by atoms with Crippen LogP contribution in [0.3, 0.4) is 0 Å². The summed E-state index contributed by atoms with van der Waals surface area (Å²) in [6.45, 7) is 1.93. The summed E-state index contributed by atoms with van der Waals surface area (Å²) in [4.78, 5) is 16.3. The number of nitrogens with zero attached hydrogens (tertiary/aromatic N) is 1. The van der Waals surface area contributed by atoms with Crippen molar-refractivity contribution in [1.82, 2.24) is 0 Å². The minimum atomic E-state index is -0.566. The monoisotopic (exact) mass is 273 g/mol. The summed E-state index contributed by atoms with van der Waals surface area (Å²) >= 11 is 3.39. The van der Waals surface area contributed by atoms with Crippen molar-refractivity contribution in [3.8, 4) is 0 Å². The number of rotatable bonds is 2. The molecule has 0 spiro atoms. The zero-order chi connectivity index (χ0) is 11.4. The zero-order valence-electron chi connectivity index (χ0n) is 8.78. The van der Waals surface area contributed by atoms with Crippen LogP contribution in [0, 0.1) is 6.92 Å². The first-order valence-corrected chi connectivity index (χ1v) is 5.08. The number of carbonyl (C=O) groups excluding carboxylic acids is 1. The molecular formula is C10H12BrNO3. The molecule has 0 atom stereocenters. The molecule has 1 rings (SSSR count). The third-order valence-electron chi connectivity index (χ3n) is 1.91. The maximum absolute atomic E-state index is 11.4. The Bertz CT molecular complexity index is 368. The molecule has 0 aliphatic heterocycles. The second-order valence-electron chi connectivity index (χ2n) is 2.86. The summed E-state index contributed by atoms with van der Waals surface area (Å²) in [6, 6.07) is 5.53. The zero-order valence-corrected chi connectivity index (χ0v) is 10.4. The fraction of sp³-hybridized carbons (Fsp3) is 0.300. The number of hydroxylamine groups is 1. The van der Waals surface area contributed by atoms with Crippen LogP contribution >= 0.6 is 15.9 Å². The molecule has 0 unspecified atom stereocenters. The molecule has 82 valence electrons. The average molecular weight is 274 g/mol. The van der Waals surface area contributed by atoms with E-state index < -0.39 is 6.09 Å². The van der Waals surface area contributed by atoms with Gasteiger partial charge in [-0.2, -0.15) is 5.06 Å². The molecule has 1 aromatic carbocycles. The third kappa shape index (κ3) is 2.49. The Balaban J connectivity index is 3.12. The highest BCUT2D eigenvalue weighted by atomic mass is 79.9. The number of ether oxygens (including phenoxy) is 1. The molecule has 0 N–H and O–H groups in total. The molecular weight excluding hydrogens is 262 g/mol. The van der Waals surface area contributed by atoms with Crippen molar-refractivity contribution in [2.24, 2.45) is 0 Å². The molecule has 0 aromatic heterocycles. The van der Waals surface area contributed by atoms with Gasteiger partial charge in [0, 0.05) is 4.47 Å². The van der Waals surface area contributed by atoms with Crippen molar-refractivity contribution in [3.05, 3.63) is 28.2 Å². The van der Waals surface area contributed by atoms with Crippen LogP contribution in [0.2, 0.25) is 0 Å². The lowest BCUT2D eigenvalue weighted by Crippen LogP contribution is -2.29. The van der Waals surface area contributed by atoms with E-state index in [1.54, 1.807) is 6.07 Å². The van der Waals surface area contributed by atoms with Crippen LogP contribution in [0.25, 0.3) is 0 Å². The Labute approximate surface area is 96.9 Å². The van der Waals surface area contributed by atoms with E-state index in [4.69, 9.17) is 4.84 Å². The van der Waals surface area contributed by atoms with Gasteiger partial charge in [0.05, 0.1) is 19.9 Å². The predicted octanol–water partition coefficient (Wildman–Crippen LogP) is 2.89. The number of benzene rings is 1. The minimum Gasteiger partial charge on any atom is -0.451 e. The van der Waals surface area contributed by atoms with Crippen molar-refractivity contribution < 1.29 is 14.4 Å². The summed E-state index contributed by atoms with van der Waals surface area (Å²) < 4.78 is 5.40. The largest absolute Gasteiger partial charge is 0.451 e. The lowest BCUT2D eigenvalue weighted by atomic mass is 10.2. The Morgan fingerprint density at radius 1 is 1.40 bits per heavy atom. The summed E-state index contributed by atoms with van der Waals surface area (Å²) in [7, 11) is 2.71. The highest BCUT2D eigenvalue weighted by Crippen LogP contribution is 2.29. The normalized spacial score (nSPS) is 9.87. The van der Waals surface area contributed by atoms with Gasteiger partial charge in [-0.3, -0.25) is 4.84 Å². The van der Waals surface area contributed by atoms with E-state index in [0.29, 0.717) is 5.69 Å². The van der Waals surface area contributed by atoms with Crippen LogP contribution in [-0.2, 0) is 9.57 Å². The Kier molecular flexibility index (Phi) is 4.11. The van der Waals surface area contributed by atoms with Crippen molar-refractivity contribution >= 4 is 27.7 Å². The van der Waals surface area contributed by atoms with E-state index in [9.17, 15) is 4.79 Å². The number of amides is 1. The minimum absolute atomic E-state index is 0.566. The van der Waals surface area contributed by atoms with Gasteiger partial charge in [-0.1, -0.05) is 12.1 Å². The molecule has 1 amide bonds. The predicted molar refractivity (Wildman–Crippen MR) is 60.8 cm³/mol. The van der Waals surface area contributed by atoms with E-state index in [2.05, 4.69) is 20.7 Å². The molecule has 0 saturated heterocycles. The van der Waals surface area contributed by atoms with Crippen LogP contribution < -0.4 is 5.06 Å². The van der Waals surface area contributed by atoms with Crippen molar-refractivity contribution in [2.45, 2.75) is 6.92 Å².